The summed E-state index contributed by atoms with van der Waals surface area (Å²) >= 11 is 11.7. The molecule has 3 nitrogen and oxygen atoms in total. The molecular formula is C15H11Cl2N3. The summed E-state index contributed by atoms with van der Waals surface area (Å²) in [6.45, 7) is 0.609. The van der Waals surface area contributed by atoms with Gasteiger partial charge >= 0.3 is 0 Å². The molecule has 3 rings (SSSR count). The third-order valence-corrected chi connectivity index (χ3v) is 3.37. The van der Waals surface area contributed by atoms with Crippen molar-refractivity contribution in [2.45, 2.75) is 6.54 Å². The Labute approximate surface area is 126 Å². The molecular weight excluding hydrogens is 293 g/mol. The second-order valence-corrected chi connectivity index (χ2v) is 5.10. The summed E-state index contributed by atoms with van der Waals surface area (Å²) in [6.07, 6.45) is 0. The van der Waals surface area contributed by atoms with Gasteiger partial charge in [0.2, 0.25) is 5.95 Å². The topological polar surface area (TPSA) is 37.8 Å². The molecule has 0 amide bonds. The predicted molar refractivity (Wildman–Crippen MR) is 83.3 cm³/mol. The van der Waals surface area contributed by atoms with Crippen LogP contribution < -0.4 is 5.32 Å². The standard InChI is InChI=1S/C15H11Cl2N3/c16-13-8-14(17)20-15(19-13)18-9-11-6-3-5-10-4-1-2-7-12(10)11/h1-8H,9H2,(H,18,19,20). The molecule has 0 aliphatic rings. The molecule has 1 aromatic heterocycles. The van der Waals surface area contributed by atoms with Crippen molar-refractivity contribution >= 4 is 39.9 Å². The third kappa shape index (κ3) is 2.84. The van der Waals surface area contributed by atoms with Gasteiger partial charge in [0, 0.05) is 12.6 Å². The monoisotopic (exact) mass is 303 g/mol. The largest absolute Gasteiger partial charge is 0.350 e. The van der Waals surface area contributed by atoms with Gasteiger partial charge in [-0.1, -0.05) is 65.7 Å². The molecule has 0 atom stereocenters. The molecule has 100 valence electrons. The van der Waals surface area contributed by atoms with Gasteiger partial charge in [-0.25, -0.2) is 9.97 Å². The van der Waals surface area contributed by atoms with Crippen molar-refractivity contribution in [3.05, 3.63) is 64.4 Å². The van der Waals surface area contributed by atoms with Gasteiger partial charge in [-0.15, -0.1) is 0 Å². The molecule has 1 heterocycles. The molecule has 1 N–H and O–H groups in total. The summed E-state index contributed by atoms with van der Waals surface area (Å²) in [4.78, 5) is 8.18. The average Bonchev–Trinajstić information content (AvgIpc) is 2.44. The zero-order chi connectivity index (χ0) is 13.9. The number of hydrogen-bond acceptors (Lipinski definition) is 3. The minimum Gasteiger partial charge on any atom is -0.350 e. The number of hydrogen-bond donors (Lipinski definition) is 1. The summed E-state index contributed by atoms with van der Waals surface area (Å²) in [5.41, 5.74) is 1.17. The van der Waals surface area contributed by atoms with Crippen molar-refractivity contribution in [3.8, 4) is 0 Å². The van der Waals surface area contributed by atoms with Crippen LogP contribution in [0.4, 0.5) is 5.95 Å². The number of fused-ring (bicyclic) bond motifs is 1. The first-order chi connectivity index (χ1) is 9.72. The van der Waals surface area contributed by atoms with Crippen molar-refractivity contribution < 1.29 is 0 Å². The van der Waals surface area contributed by atoms with Gasteiger partial charge in [0.15, 0.2) is 0 Å². The fourth-order valence-electron chi connectivity index (χ4n) is 2.09. The molecule has 0 aliphatic carbocycles. The van der Waals surface area contributed by atoms with E-state index in [0.717, 1.165) is 0 Å². The van der Waals surface area contributed by atoms with Crippen molar-refractivity contribution in [2.24, 2.45) is 0 Å². The molecule has 0 spiro atoms. The van der Waals surface area contributed by atoms with E-state index in [0.29, 0.717) is 22.8 Å². The van der Waals surface area contributed by atoms with Crippen molar-refractivity contribution in [2.75, 3.05) is 5.32 Å². The lowest BCUT2D eigenvalue weighted by molar-refractivity contribution is 1.06. The Balaban J connectivity index is 1.87. The Bertz CT molecular complexity index is 733. The van der Waals surface area contributed by atoms with Crippen LogP contribution in [0, 0.1) is 0 Å². The number of anilines is 1. The maximum absolute atomic E-state index is 5.85. The predicted octanol–water partition coefficient (Wildman–Crippen LogP) is 4.55. The lowest BCUT2D eigenvalue weighted by atomic mass is 10.0. The zero-order valence-corrected chi connectivity index (χ0v) is 12.0. The van der Waals surface area contributed by atoms with Gasteiger partial charge in [0.1, 0.15) is 10.3 Å². The highest BCUT2D eigenvalue weighted by molar-refractivity contribution is 6.33. The van der Waals surface area contributed by atoms with Crippen LogP contribution in [-0.2, 0) is 6.54 Å². The van der Waals surface area contributed by atoms with Crippen LogP contribution in [0.25, 0.3) is 10.8 Å². The zero-order valence-electron chi connectivity index (χ0n) is 10.5. The number of nitrogens with zero attached hydrogens (tertiary/aromatic N) is 2. The Morgan fingerprint density at radius 1 is 0.900 bits per heavy atom. The first-order valence-corrected chi connectivity index (χ1v) is 6.88. The minimum absolute atomic E-state index is 0.324. The summed E-state index contributed by atoms with van der Waals surface area (Å²) < 4.78 is 0. The van der Waals surface area contributed by atoms with Crippen LogP contribution in [-0.4, -0.2) is 9.97 Å². The van der Waals surface area contributed by atoms with E-state index in [1.165, 1.54) is 22.4 Å². The summed E-state index contributed by atoms with van der Waals surface area (Å²) in [7, 11) is 0. The summed E-state index contributed by atoms with van der Waals surface area (Å²) in [5.74, 6) is 0.426. The lowest BCUT2D eigenvalue weighted by Crippen LogP contribution is -2.04. The first-order valence-electron chi connectivity index (χ1n) is 6.13. The molecule has 0 fully saturated rings. The van der Waals surface area contributed by atoms with E-state index in [1.54, 1.807) is 0 Å². The van der Waals surface area contributed by atoms with E-state index in [4.69, 9.17) is 23.2 Å². The normalized spacial score (nSPS) is 10.7. The fraction of sp³-hybridized carbons (Fsp3) is 0.0667. The van der Waals surface area contributed by atoms with Gasteiger partial charge in [0.05, 0.1) is 0 Å². The van der Waals surface area contributed by atoms with E-state index in [-0.39, 0.29) is 0 Å². The van der Waals surface area contributed by atoms with Gasteiger partial charge in [-0.3, -0.25) is 0 Å². The molecule has 0 bridgehead atoms. The van der Waals surface area contributed by atoms with Crippen molar-refractivity contribution in [3.63, 3.8) is 0 Å². The Morgan fingerprint density at radius 2 is 1.60 bits per heavy atom. The highest BCUT2D eigenvalue weighted by Gasteiger charge is 2.03. The first kappa shape index (κ1) is 13.2. The number of halogens is 2. The van der Waals surface area contributed by atoms with Crippen molar-refractivity contribution in [1.29, 1.82) is 0 Å². The van der Waals surface area contributed by atoms with E-state index < -0.39 is 0 Å². The van der Waals surface area contributed by atoms with Gasteiger partial charge in [-0.2, -0.15) is 0 Å². The number of rotatable bonds is 3. The van der Waals surface area contributed by atoms with Gasteiger partial charge < -0.3 is 5.32 Å². The highest BCUT2D eigenvalue weighted by Crippen LogP contribution is 2.20. The van der Waals surface area contributed by atoms with Crippen LogP contribution in [0.1, 0.15) is 5.56 Å². The Morgan fingerprint density at radius 3 is 2.40 bits per heavy atom. The summed E-state index contributed by atoms with van der Waals surface area (Å²) in [5, 5.41) is 6.20. The van der Waals surface area contributed by atoms with Crippen LogP contribution >= 0.6 is 23.2 Å². The molecule has 0 saturated carbocycles. The van der Waals surface area contributed by atoms with E-state index in [9.17, 15) is 0 Å². The minimum atomic E-state index is 0.324. The second-order valence-electron chi connectivity index (χ2n) is 4.33. The summed E-state index contributed by atoms with van der Waals surface area (Å²) in [6, 6.07) is 15.9. The SMILES string of the molecule is Clc1cc(Cl)nc(NCc2cccc3ccccc23)n1. The maximum Gasteiger partial charge on any atom is 0.225 e. The van der Waals surface area contributed by atoms with Crippen LogP contribution in [0.2, 0.25) is 10.3 Å². The van der Waals surface area contributed by atoms with E-state index in [1.807, 2.05) is 18.2 Å². The number of benzene rings is 2. The molecule has 3 aromatic rings. The molecule has 2 aromatic carbocycles. The second kappa shape index (κ2) is 5.65. The fourth-order valence-corrected chi connectivity index (χ4v) is 2.51. The quantitative estimate of drug-likeness (QED) is 0.721. The highest BCUT2D eigenvalue weighted by atomic mass is 35.5. The van der Waals surface area contributed by atoms with Crippen LogP contribution in [0.3, 0.4) is 0 Å². The van der Waals surface area contributed by atoms with Crippen molar-refractivity contribution in [1.82, 2.24) is 9.97 Å². The van der Waals surface area contributed by atoms with E-state index in [2.05, 4.69) is 39.6 Å². The smallest absolute Gasteiger partial charge is 0.225 e. The Hall–Kier alpha value is -1.84. The molecule has 0 aliphatic heterocycles. The number of nitrogens with one attached hydrogen (secondary N) is 1. The third-order valence-electron chi connectivity index (χ3n) is 2.98. The maximum atomic E-state index is 5.85. The lowest BCUT2D eigenvalue weighted by Gasteiger charge is -2.08. The van der Waals surface area contributed by atoms with Gasteiger partial charge in [-0.05, 0) is 16.3 Å². The molecule has 20 heavy (non-hydrogen) atoms. The molecule has 5 heteroatoms. The van der Waals surface area contributed by atoms with Crippen LogP contribution in [0.15, 0.2) is 48.5 Å². The number of aromatic nitrogens is 2. The van der Waals surface area contributed by atoms with Gasteiger partial charge in [0.25, 0.3) is 0 Å². The average molecular weight is 304 g/mol. The van der Waals surface area contributed by atoms with Crippen LogP contribution in [0.5, 0.6) is 0 Å². The molecule has 0 saturated heterocycles. The molecule has 0 radical (unpaired) electrons. The van der Waals surface area contributed by atoms with E-state index >= 15 is 0 Å². The molecule has 0 unspecified atom stereocenters. The Kier molecular flexibility index (Phi) is 3.72.